The number of nitrogens with one attached hydrogen (secondary N) is 1. The summed E-state index contributed by atoms with van der Waals surface area (Å²) in [5, 5.41) is 8.86. The van der Waals surface area contributed by atoms with Gasteiger partial charge in [-0.25, -0.2) is 22.9 Å². The third kappa shape index (κ3) is 2.53. The first kappa shape index (κ1) is 13.4. The topological polar surface area (TPSA) is 106 Å². The molecule has 0 aliphatic carbocycles. The number of hydrogen-bond donors (Lipinski definition) is 2. The molecule has 0 radical (unpaired) electrons. The maximum absolute atomic E-state index is 12.1. The van der Waals surface area contributed by atoms with Gasteiger partial charge in [0.1, 0.15) is 0 Å². The van der Waals surface area contributed by atoms with Crippen LogP contribution in [0.2, 0.25) is 0 Å². The van der Waals surface area contributed by atoms with E-state index < -0.39 is 21.7 Å². The molecule has 1 saturated heterocycles. The van der Waals surface area contributed by atoms with E-state index >= 15 is 0 Å². The molecule has 7 nitrogen and oxygen atoms in total. The molecule has 1 aromatic rings. The molecule has 1 fully saturated rings. The van der Waals surface area contributed by atoms with E-state index in [2.05, 4.69) is 9.71 Å². The second-order valence-corrected chi connectivity index (χ2v) is 6.65. The molecule has 2 heterocycles. The average molecular weight is 292 g/mol. The minimum atomic E-state index is -3.86. The van der Waals surface area contributed by atoms with E-state index in [4.69, 9.17) is 9.84 Å². The van der Waals surface area contributed by atoms with E-state index in [1.165, 1.54) is 5.51 Å². The molecule has 2 N–H and O–H groups in total. The molecule has 2 atom stereocenters. The Labute approximate surface area is 108 Å². The SMILES string of the molecule is CC1OCCC1NS(=O)(=O)c1scnc1C(=O)O. The molecule has 18 heavy (non-hydrogen) atoms. The predicted molar refractivity (Wildman–Crippen MR) is 63.2 cm³/mol. The fraction of sp³-hybridized carbons (Fsp3) is 0.556. The van der Waals surface area contributed by atoms with Gasteiger partial charge in [-0.05, 0) is 13.3 Å². The maximum atomic E-state index is 12.1. The van der Waals surface area contributed by atoms with Crippen LogP contribution in [0.4, 0.5) is 0 Å². The zero-order valence-corrected chi connectivity index (χ0v) is 11.1. The summed E-state index contributed by atoms with van der Waals surface area (Å²) in [4.78, 5) is 14.4. The van der Waals surface area contributed by atoms with Gasteiger partial charge in [0.05, 0.1) is 17.7 Å². The van der Waals surface area contributed by atoms with Crippen molar-refractivity contribution in [3.63, 3.8) is 0 Å². The van der Waals surface area contributed by atoms with E-state index in [0.29, 0.717) is 13.0 Å². The Hall–Kier alpha value is -1.03. The first-order valence-electron chi connectivity index (χ1n) is 5.22. The third-order valence-corrected chi connectivity index (χ3v) is 5.52. The average Bonchev–Trinajstić information content (AvgIpc) is 2.88. The van der Waals surface area contributed by atoms with Crippen molar-refractivity contribution in [3.05, 3.63) is 11.2 Å². The third-order valence-electron chi connectivity index (χ3n) is 2.66. The Balaban J connectivity index is 2.25. The monoisotopic (exact) mass is 292 g/mol. The molecule has 0 amide bonds. The van der Waals surface area contributed by atoms with Crippen LogP contribution in [-0.4, -0.2) is 43.2 Å². The molecule has 2 unspecified atom stereocenters. The normalized spacial score (nSPS) is 24.3. The van der Waals surface area contributed by atoms with Crippen LogP contribution in [-0.2, 0) is 14.8 Å². The Morgan fingerprint density at radius 2 is 2.39 bits per heavy atom. The Kier molecular flexibility index (Phi) is 3.66. The predicted octanol–water partition coefficient (Wildman–Crippen LogP) is 0.297. The van der Waals surface area contributed by atoms with Crippen molar-refractivity contribution in [2.45, 2.75) is 29.7 Å². The Morgan fingerprint density at radius 3 is 2.94 bits per heavy atom. The lowest BCUT2D eigenvalue weighted by molar-refractivity contribution is 0.0687. The molecule has 0 bridgehead atoms. The summed E-state index contributed by atoms with van der Waals surface area (Å²) in [6.45, 7) is 2.26. The van der Waals surface area contributed by atoms with Crippen LogP contribution >= 0.6 is 11.3 Å². The number of hydrogen-bond acceptors (Lipinski definition) is 6. The zero-order chi connectivity index (χ0) is 13.3. The summed E-state index contributed by atoms with van der Waals surface area (Å²) < 4.78 is 31.6. The molecular weight excluding hydrogens is 280 g/mol. The molecule has 2 rings (SSSR count). The van der Waals surface area contributed by atoms with Gasteiger partial charge in [-0.2, -0.15) is 0 Å². The van der Waals surface area contributed by atoms with Gasteiger partial charge in [-0.15, -0.1) is 11.3 Å². The second kappa shape index (κ2) is 4.92. The number of sulfonamides is 1. The smallest absolute Gasteiger partial charge is 0.356 e. The number of aromatic carboxylic acids is 1. The highest BCUT2D eigenvalue weighted by Gasteiger charge is 2.32. The van der Waals surface area contributed by atoms with Crippen LogP contribution in [0.1, 0.15) is 23.8 Å². The molecule has 1 aliphatic rings. The maximum Gasteiger partial charge on any atom is 0.356 e. The van der Waals surface area contributed by atoms with Gasteiger partial charge < -0.3 is 9.84 Å². The summed E-state index contributed by atoms with van der Waals surface area (Å²) in [5.74, 6) is -1.35. The summed E-state index contributed by atoms with van der Waals surface area (Å²) in [7, 11) is -3.86. The zero-order valence-electron chi connectivity index (χ0n) is 9.49. The highest BCUT2D eigenvalue weighted by atomic mass is 32.2. The van der Waals surface area contributed by atoms with Crippen molar-refractivity contribution in [1.29, 1.82) is 0 Å². The highest BCUT2D eigenvalue weighted by Crippen LogP contribution is 2.22. The van der Waals surface area contributed by atoms with E-state index in [-0.39, 0.29) is 16.4 Å². The first-order valence-corrected chi connectivity index (χ1v) is 7.59. The Morgan fingerprint density at radius 1 is 1.67 bits per heavy atom. The standard InChI is InChI=1S/C9H12N2O5S2/c1-5-6(2-3-16-5)11-18(14,15)9-7(8(12)13)10-4-17-9/h4-6,11H,2-3H2,1H3,(H,12,13). The minimum absolute atomic E-state index is 0.221. The van der Waals surface area contributed by atoms with E-state index in [0.717, 1.165) is 11.3 Å². The van der Waals surface area contributed by atoms with Crippen molar-refractivity contribution >= 4 is 27.3 Å². The van der Waals surface area contributed by atoms with Gasteiger partial charge in [0.2, 0.25) is 0 Å². The summed E-state index contributed by atoms with van der Waals surface area (Å²) in [5.41, 5.74) is 0.756. The van der Waals surface area contributed by atoms with Crippen molar-refractivity contribution in [3.8, 4) is 0 Å². The van der Waals surface area contributed by atoms with Crippen molar-refractivity contribution in [2.75, 3.05) is 6.61 Å². The number of ether oxygens (including phenoxy) is 1. The molecule has 0 spiro atoms. The van der Waals surface area contributed by atoms with Crippen molar-refractivity contribution in [1.82, 2.24) is 9.71 Å². The van der Waals surface area contributed by atoms with Crippen molar-refractivity contribution < 1.29 is 23.1 Å². The van der Waals surface area contributed by atoms with Crippen LogP contribution < -0.4 is 4.72 Å². The lowest BCUT2D eigenvalue weighted by Gasteiger charge is -2.15. The van der Waals surface area contributed by atoms with Crippen LogP contribution in [0.25, 0.3) is 0 Å². The number of carboxylic acid groups (broad SMARTS) is 1. The number of nitrogens with zero attached hydrogens (tertiary/aromatic N) is 1. The summed E-state index contributed by atoms with van der Waals surface area (Å²) in [6.07, 6.45) is 0.350. The Bertz CT molecular complexity index is 553. The number of aromatic nitrogens is 1. The van der Waals surface area contributed by atoms with E-state index in [1.54, 1.807) is 6.92 Å². The van der Waals surface area contributed by atoms with Crippen molar-refractivity contribution in [2.24, 2.45) is 0 Å². The first-order chi connectivity index (χ1) is 8.42. The number of thiazole rings is 1. The van der Waals surface area contributed by atoms with Gasteiger partial charge in [0, 0.05) is 6.61 Å². The quantitative estimate of drug-likeness (QED) is 0.826. The second-order valence-electron chi connectivity index (χ2n) is 3.89. The minimum Gasteiger partial charge on any atom is -0.476 e. The lowest BCUT2D eigenvalue weighted by atomic mass is 10.2. The largest absolute Gasteiger partial charge is 0.476 e. The fourth-order valence-corrected chi connectivity index (χ4v) is 4.20. The lowest BCUT2D eigenvalue weighted by Crippen LogP contribution is -2.39. The molecular formula is C9H12N2O5S2. The number of carbonyl (C=O) groups is 1. The van der Waals surface area contributed by atoms with Gasteiger partial charge in [-0.3, -0.25) is 0 Å². The summed E-state index contributed by atoms with van der Waals surface area (Å²) in [6, 6.07) is -0.334. The molecule has 9 heteroatoms. The number of rotatable bonds is 4. The molecule has 0 aromatic carbocycles. The molecule has 1 aromatic heterocycles. The van der Waals surface area contributed by atoms with E-state index in [1.807, 2.05) is 0 Å². The summed E-state index contributed by atoms with van der Waals surface area (Å²) >= 11 is 0.786. The van der Waals surface area contributed by atoms with Crippen LogP contribution in [0, 0.1) is 0 Å². The van der Waals surface area contributed by atoms with Gasteiger partial charge >= 0.3 is 5.97 Å². The molecule has 0 saturated carbocycles. The van der Waals surface area contributed by atoms with E-state index in [9.17, 15) is 13.2 Å². The van der Waals surface area contributed by atoms with Gasteiger partial charge in [-0.1, -0.05) is 0 Å². The highest BCUT2D eigenvalue weighted by molar-refractivity contribution is 7.91. The van der Waals surface area contributed by atoms with Gasteiger partial charge in [0.15, 0.2) is 9.90 Å². The number of carboxylic acids is 1. The van der Waals surface area contributed by atoms with Crippen LogP contribution in [0.3, 0.4) is 0 Å². The van der Waals surface area contributed by atoms with Crippen LogP contribution in [0.5, 0.6) is 0 Å². The van der Waals surface area contributed by atoms with Gasteiger partial charge in [0.25, 0.3) is 10.0 Å². The van der Waals surface area contributed by atoms with Crippen LogP contribution in [0.15, 0.2) is 9.72 Å². The molecule has 100 valence electrons. The fourth-order valence-electron chi connectivity index (χ4n) is 1.71. The molecule has 1 aliphatic heterocycles.